The van der Waals surface area contributed by atoms with Gasteiger partial charge in [-0.2, -0.15) is 8.78 Å². The number of benzene rings is 2. The maximum atomic E-state index is 12.7. The number of carbonyl (C=O) groups excluding carboxylic acids is 2. The molecule has 1 aliphatic rings. The average molecular weight is 446 g/mol. The first-order chi connectivity index (χ1) is 15.4. The van der Waals surface area contributed by atoms with Gasteiger partial charge < -0.3 is 20.3 Å². The summed E-state index contributed by atoms with van der Waals surface area (Å²) in [6.45, 7) is 2.61. The number of alkyl halides is 2. The van der Waals surface area contributed by atoms with Crippen LogP contribution >= 0.6 is 0 Å². The smallest absolute Gasteiger partial charge is 0.387 e. The van der Waals surface area contributed by atoms with E-state index in [9.17, 15) is 18.4 Å². The van der Waals surface area contributed by atoms with Crippen molar-refractivity contribution in [2.75, 3.05) is 18.4 Å². The molecule has 1 fully saturated rings. The molecule has 3 rings (SSSR count). The van der Waals surface area contributed by atoms with Gasteiger partial charge in [0.25, 0.3) is 5.91 Å². The highest BCUT2D eigenvalue weighted by molar-refractivity contribution is 5.95. The number of nitrogens with zero attached hydrogens (tertiary/aromatic N) is 1. The van der Waals surface area contributed by atoms with Crippen molar-refractivity contribution in [2.45, 2.75) is 45.8 Å². The van der Waals surface area contributed by atoms with E-state index in [2.05, 4.69) is 22.3 Å². The van der Waals surface area contributed by atoms with Gasteiger partial charge in [0.1, 0.15) is 5.75 Å². The molecule has 2 N–H and O–H groups in total. The highest BCUT2D eigenvalue weighted by Crippen LogP contribution is 2.28. The summed E-state index contributed by atoms with van der Waals surface area (Å²) in [5.74, 6) is 0.671. The lowest BCUT2D eigenvalue weighted by Crippen LogP contribution is -2.37. The molecule has 8 heteroatoms. The predicted octanol–water partition coefficient (Wildman–Crippen LogP) is 5.43. The standard InChI is InChI=1S/C24H29F2N3O3/c1-3-20(19-6-4-5-7-21(19)32-23(25)26)28-24(31)27-18-10-8-17(9-11-18)22(30)29-14-12-16(2)13-15-29/h4-11,16,20,23H,3,12-15H2,1-2H3,(H2,27,28,31). The third-order valence-electron chi connectivity index (χ3n) is 5.68. The summed E-state index contributed by atoms with van der Waals surface area (Å²) in [5.41, 5.74) is 1.58. The lowest BCUT2D eigenvalue weighted by Gasteiger charge is -2.30. The Kier molecular flexibility index (Phi) is 8.03. The van der Waals surface area contributed by atoms with E-state index < -0.39 is 18.7 Å². The number of amides is 3. The SMILES string of the molecule is CCC(NC(=O)Nc1ccc(C(=O)N2CCC(C)CC2)cc1)c1ccccc1OC(F)F. The van der Waals surface area contributed by atoms with E-state index in [1.807, 2.05) is 11.8 Å². The number of carbonyl (C=O) groups is 2. The number of likely N-dealkylation sites (tertiary alicyclic amines) is 1. The van der Waals surface area contributed by atoms with Gasteiger partial charge in [-0.05, 0) is 55.5 Å². The summed E-state index contributed by atoms with van der Waals surface area (Å²) in [6, 6.07) is 12.1. The van der Waals surface area contributed by atoms with Crippen LogP contribution in [0.5, 0.6) is 5.75 Å². The minimum Gasteiger partial charge on any atom is -0.434 e. The number of hydrogen-bond acceptors (Lipinski definition) is 3. The minimum atomic E-state index is -2.95. The fraction of sp³-hybridized carbons (Fsp3) is 0.417. The zero-order valence-electron chi connectivity index (χ0n) is 18.3. The second-order valence-corrected chi connectivity index (χ2v) is 8.03. The van der Waals surface area contributed by atoms with Crippen LogP contribution in [-0.4, -0.2) is 36.5 Å². The van der Waals surface area contributed by atoms with Crippen LogP contribution in [0.1, 0.15) is 55.1 Å². The Bertz CT molecular complexity index is 913. The minimum absolute atomic E-state index is 0.00501. The van der Waals surface area contributed by atoms with E-state index in [0.717, 1.165) is 25.9 Å². The van der Waals surface area contributed by atoms with Gasteiger partial charge in [-0.1, -0.05) is 32.0 Å². The topological polar surface area (TPSA) is 70.7 Å². The van der Waals surface area contributed by atoms with Gasteiger partial charge in [0, 0.05) is 29.9 Å². The highest BCUT2D eigenvalue weighted by atomic mass is 19.3. The lowest BCUT2D eigenvalue weighted by molar-refractivity contribution is -0.0506. The van der Waals surface area contributed by atoms with E-state index in [1.165, 1.54) is 6.07 Å². The molecule has 172 valence electrons. The van der Waals surface area contributed by atoms with Gasteiger partial charge in [0.15, 0.2) is 0 Å². The first-order valence-electron chi connectivity index (χ1n) is 10.9. The van der Waals surface area contributed by atoms with E-state index in [-0.39, 0.29) is 11.7 Å². The van der Waals surface area contributed by atoms with Gasteiger partial charge in [0.05, 0.1) is 6.04 Å². The van der Waals surface area contributed by atoms with Crippen LogP contribution in [0.25, 0.3) is 0 Å². The molecule has 2 aromatic carbocycles. The number of hydrogen-bond donors (Lipinski definition) is 2. The van der Waals surface area contributed by atoms with Crippen molar-refractivity contribution in [1.82, 2.24) is 10.2 Å². The van der Waals surface area contributed by atoms with Crippen LogP contribution in [-0.2, 0) is 0 Å². The maximum Gasteiger partial charge on any atom is 0.387 e. The van der Waals surface area contributed by atoms with E-state index in [0.29, 0.717) is 29.2 Å². The van der Waals surface area contributed by atoms with Crippen LogP contribution < -0.4 is 15.4 Å². The molecule has 1 heterocycles. The summed E-state index contributed by atoms with van der Waals surface area (Å²) < 4.78 is 30.0. The van der Waals surface area contributed by atoms with Crippen molar-refractivity contribution in [3.8, 4) is 5.75 Å². The molecule has 2 aromatic rings. The van der Waals surface area contributed by atoms with E-state index in [1.54, 1.807) is 42.5 Å². The molecule has 0 radical (unpaired) electrons. The van der Waals surface area contributed by atoms with Crippen LogP contribution in [0.3, 0.4) is 0 Å². The molecule has 0 aromatic heterocycles. The van der Waals surface area contributed by atoms with Gasteiger partial charge in [0.2, 0.25) is 0 Å². The van der Waals surface area contributed by atoms with Gasteiger partial charge in [-0.15, -0.1) is 0 Å². The number of ether oxygens (including phenoxy) is 1. The molecule has 1 aliphatic heterocycles. The van der Waals surface area contributed by atoms with E-state index >= 15 is 0 Å². The third-order valence-corrected chi connectivity index (χ3v) is 5.68. The summed E-state index contributed by atoms with van der Waals surface area (Å²) in [4.78, 5) is 27.0. The van der Waals surface area contributed by atoms with Gasteiger partial charge in [-0.3, -0.25) is 4.79 Å². The van der Waals surface area contributed by atoms with Crippen LogP contribution in [0.15, 0.2) is 48.5 Å². The van der Waals surface area contributed by atoms with Crippen LogP contribution in [0, 0.1) is 5.92 Å². The first kappa shape index (κ1) is 23.5. The van der Waals surface area contributed by atoms with Crippen LogP contribution in [0.4, 0.5) is 19.3 Å². The summed E-state index contributed by atoms with van der Waals surface area (Å²) in [6.07, 6.45) is 2.50. The average Bonchev–Trinajstić information content (AvgIpc) is 2.78. The normalized spacial score (nSPS) is 15.3. The molecule has 0 aliphatic carbocycles. The quantitative estimate of drug-likeness (QED) is 0.597. The molecule has 32 heavy (non-hydrogen) atoms. The van der Waals surface area contributed by atoms with Crippen molar-refractivity contribution in [3.05, 3.63) is 59.7 Å². The largest absolute Gasteiger partial charge is 0.434 e. The number of anilines is 1. The molecule has 6 nitrogen and oxygen atoms in total. The van der Waals surface area contributed by atoms with Crippen molar-refractivity contribution in [3.63, 3.8) is 0 Å². The monoisotopic (exact) mass is 445 g/mol. The number of nitrogens with one attached hydrogen (secondary N) is 2. The van der Waals surface area contributed by atoms with Crippen molar-refractivity contribution < 1.29 is 23.1 Å². The van der Waals surface area contributed by atoms with Gasteiger partial charge >= 0.3 is 12.6 Å². The Labute approximate surface area is 186 Å². The molecular weight excluding hydrogens is 416 g/mol. The number of piperidine rings is 1. The van der Waals surface area contributed by atoms with Crippen molar-refractivity contribution >= 4 is 17.6 Å². The highest BCUT2D eigenvalue weighted by Gasteiger charge is 2.22. The fourth-order valence-corrected chi connectivity index (χ4v) is 3.79. The number of rotatable bonds is 7. The summed E-state index contributed by atoms with van der Waals surface area (Å²) in [5, 5.41) is 5.51. The van der Waals surface area contributed by atoms with Gasteiger partial charge in [-0.25, -0.2) is 4.79 Å². The molecule has 1 unspecified atom stereocenters. The Morgan fingerprint density at radius 3 is 2.38 bits per heavy atom. The molecule has 0 spiro atoms. The Morgan fingerprint density at radius 2 is 1.75 bits per heavy atom. The number of halogens is 2. The zero-order chi connectivity index (χ0) is 23.1. The maximum absolute atomic E-state index is 12.7. The Morgan fingerprint density at radius 1 is 1.09 bits per heavy atom. The number of urea groups is 1. The predicted molar refractivity (Wildman–Crippen MR) is 119 cm³/mol. The fourth-order valence-electron chi connectivity index (χ4n) is 3.79. The zero-order valence-corrected chi connectivity index (χ0v) is 18.3. The second kappa shape index (κ2) is 10.9. The molecular formula is C24H29F2N3O3. The first-order valence-corrected chi connectivity index (χ1v) is 10.9. The van der Waals surface area contributed by atoms with Crippen molar-refractivity contribution in [2.24, 2.45) is 5.92 Å². The summed E-state index contributed by atoms with van der Waals surface area (Å²) in [7, 11) is 0. The molecule has 3 amide bonds. The lowest BCUT2D eigenvalue weighted by atomic mass is 9.98. The molecule has 0 saturated carbocycles. The molecule has 0 bridgehead atoms. The van der Waals surface area contributed by atoms with E-state index in [4.69, 9.17) is 0 Å². The van der Waals surface area contributed by atoms with Crippen molar-refractivity contribution in [1.29, 1.82) is 0 Å². The summed E-state index contributed by atoms with van der Waals surface area (Å²) >= 11 is 0. The third kappa shape index (κ3) is 6.18. The molecule has 1 saturated heterocycles. The Hall–Kier alpha value is -3.16. The number of para-hydroxylation sites is 1. The Balaban J connectivity index is 1.60. The van der Waals surface area contributed by atoms with Crippen LogP contribution in [0.2, 0.25) is 0 Å². The molecule has 1 atom stereocenters. The second-order valence-electron chi connectivity index (χ2n) is 8.03.